The molecule has 3 nitrogen and oxygen atoms in total. The number of nitrogens with one attached hydrogen (secondary N) is 1. The molecular formula is C17H19FN2O. The molecule has 3 N–H and O–H groups in total. The summed E-state index contributed by atoms with van der Waals surface area (Å²) in [6.45, 7) is 1.97. The standard InChI is InChI=1S/C17H19FN2O/c1-12(14-9-5-6-10-16(14)18)20-17(21)15(11-19)13-7-3-2-4-8-13/h2-10,12,15H,11,19H2,1H3,(H,20,21). The van der Waals surface area contributed by atoms with Crippen molar-refractivity contribution in [2.24, 2.45) is 5.73 Å². The minimum Gasteiger partial charge on any atom is -0.349 e. The van der Waals surface area contributed by atoms with E-state index in [2.05, 4.69) is 5.32 Å². The molecule has 2 atom stereocenters. The fourth-order valence-electron chi connectivity index (χ4n) is 2.30. The molecule has 21 heavy (non-hydrogen) atoms. The Morgan fingerprint density at radius 2 is 1.76 bits per heavy atom. The zero-order chi connectivity index (χ0) is 15.2. The van der Waals surface area contributed by atoms with Gasteiger partial charge in [0.15, 0.2) is 0 Å². The lowest BCUT2D eigenvalue weighted by Gasteiger charge is -2.20. The molecule has 0 aromatic heterocycles. The topological polar surface area (TPSA) is 55.1 Å². The molecule has 2 aromatic rings. The predicted octanol–water partition coefficient (Wildman–Crippen LogP) is 2.75. The first-order valence-electron chi connectivity index (χ1n) is 6.93. The molecule has 0 heterocycles. The fraction of sp³-hybridized carbons (Fsp3) is 0.235. The van der Waals surface area contributed by atoms with Crippen LogP contribution in [0.3, 0.4) is 0 Å². The van der Waals surface area contributed by atoms with Crippen LogP contribution in [0.2, 0.25) is 0 Å². The molecule has 0 saturated heterocycles. The number of carbonyl (C=O) groups is 1. The third-order valence-corrected chi connectivity index (χ3v) is 3.48. The number of rotatable bonds is 5. The van der Waals surface area contributed by atoms with Crippen molar-refractivity contribution in [2.75, 3.05) is 6.54 Å². The molecule has 0 saturated carbocycles. The highest BCUT2D eigenvalue weighted by Gasteiger charge is 2.21. The van der Waals surface area contributed by atoms with Crippen LogP contribution in [0.5, 0.6) is 0 Å². The molecule has 0 aliphatic heterocycles. The van der Waals surface area contributed by atoms with Gasteiger partial charge in [-0.2, -0.15) is 0 Å². The largest absolute Gasteiger partial charge is 0.349 e. The van der Waals surface area contributed by atoms with Crippen molar-refractivity contribution in [3.8, 4) is 0 Å². The second-order valence-electron chi connectivity index (χ2n) is 4.95. The van der Waals surface area contributed by atoms with Gasteiger partial charge in [0.1, 0.15) is 5.82 Å². The van der Waals surface area contributed by atoms with E-state index in [1.54, 1.807) is 25.1 Å². The Kier molecular flexibility index (Phi) is 5.06. The van der Waals surface area contributed by atoms with Crippen molar-refractivity contribution in [1.82, 2.24) is 5.32 Å². The number of halogens is 1. The van der Waals surface area contributed by atoms with E-state index in [-0.39, 0.29) is 18.3 Å². The maximum absolute atomic E-state index is 13.7. The van der Waals surface area contributed by atoms with Crippen molar-refractivity contribution < 1.29 is 9.18 Å². The molecule has 0 bridgehead atoms. The van der Waals surface area contributed by atoms with Gasteiger partial charge in [-0.05, 0) is 18.6 Å². The van der Waals surface area contributed by atoms with Crippen molar-refractivity contribution in [1.29, 1.82) is 0 Å². The van der Waals surface area contributed by atoms with Crippen LogP contribution in [0, 0.1) is 5.82 Å². The monoisotopic (exact) mass is 286 g/mol. The van der Waals surface area contributed by atoms with Crippen molar-refractivity contribution in [3.05, 3.63) is 71.5 Å². The van der Waals surface area contributed by atoms with E-state index < -0.39 is 12.0 Å². The molecule has 0 aliphatic carbocycles. The second kappa shape index (κ2) is 6.99. The summed E-state index contributed by atoms with van der Waals surface area (Å²) < 4.78 is 13.7. The smallest absolute Gasteiger partial charge is 0.229 e. The first-order chi connectivity index (χ1) is 10.1. The molecule has 2 aromatic carbocycles. The lowest BCUT2D eigenvalue weighted by Crippen LogP contribution is -2.35. The van der Waals surface area contributed by atoms with E-state index in [9.17, 15) is 9.18 Å². The van der Waals surface area contributed by atoms with Gasteiger partial charge in [-0.15, -0.1) is 0 Å². The maximum Gasteiger partial charge on any atom is 0.229 e. The lowest BCUT2D eigenvalue weighted by atomic mass is 9.97. The zero-order valence-electron chi connectivity index (χ0n) is 11.9. The van der Waals surface area contributed by atoms with Crippen LogP contribution in [0.1, 0.15) is 30.0 Å². The average Bonchev–Trinajstić information content (AvgIpc) is 2.49. The molecule has 2 rings (SSSR count). The van der Waals surface area contributed by atoms with Crippen LogP contribution < -0.4 is 11.1 Å². The number of carbonyl (C=O) groups excluding carboxylic acids is 1. The molecule has 0 fully saturated rings. The quantitative estimate of drug-likeness (QED) is 0.888. The summed E-state index contributed by atoms with van der Waals surface area (Å²) in [6, 6.07) is 15.4. The van der Waals surface area contributed by atoms with Crippen LogP contribution in [-0.2, 0) is 4.79 Å². The fourth-order valence-corrected chi connectivity index (χ4v) is 2.30. The number of amides is 1. The highest BCUT2D eigenvalue weighted by Crippen LogP contribution is 2.19. The summed E-state index contributed by atoms with van der Waals surface area (Å²) in [7, 11) is 0. The molecular weight excluding hydrogens is 267 g/mol. The van der Waals surface area contributed by atoms with Gasteiger partial charge in [0.05, 0.1) is 12.0 Å². The Bertz CT molecular complexity index is 601. The van der Waals surface area contributed by atoms with Crippen LogP contribution in [0.25, 0.3) is 0 Å². The maximum atomic E-state index is 13.7. The Balaban J connectivity index is 2.11. The van der Waals surface area contributed by atoms with E-state index in [1.807, 2.05) is 30.3 Å². The van der Waals surface area contributed by atoms with Gasteiger partial charge in [-0.3, -0.25) is 4.79 Å². The summed E-state index contributed by atoms with van der Waals surface area (Å²) in [5.74, 6) is -0.950. The second-order valence-corrected chi connectivity index (χ2v) is 4.95. The summed E-state index contributed by atoms with van der Waals surface area (Å²) in [5, 5.41) is 2.83. The van der Waals surface area contributed by atoms with E-state index >= 15 is 0 Å². The van der Waals surface area contributed by atoms with Gasteiger partial charge in [0.2, 0.25) is 5.91 Å². The Morgan fingerprint density at radius 3 is 2.38 bits per heavy atom. The molecule has 1 amide bonds. The number of nitrogens with two attached hydrogens (primary N) is 1. The van der Waals surface area contributed by atoms with E-state index in [0.717, 1.165) is 5.56 Å². The van der Waals surface area contributed by atoms with Gasteiger partial charge in [0.25, 0.3) is 0 Å². The molecule has 0 aliphatic rings. The minimum atomic E-state index is -0.430. The van der Waals surface area contributed by atoms with Crippen LogP contribution >= 0.6 is 0 Å². The summed E-state index contributed by atoms with van der Waals surface area (Å²) >= 11 is 0. The Hall–Kier alpha value is -2.20. The van der Waals surface area contributed by atoms with E-state index in [1.165, 1.54) is 6.07 Å². The Morgan fingerprint density at radius 1 is 1.14 bits per heavy atom. The van der Waals surface area contributed by atoms with E-state index in [0.29, 0.717) is 5.56 Å². The summed E-state index contributed by atoms with van der Waals surface area (Å²) in [5.41, 5.74) is 7.04. The van der Waals surface area contributed by atoms with Gasteiger partial charge in [-0.1, -0.05) is 48.5 Å². The summed E-state index contributed by atoms with van der Waals surface area (Å²) in [4.78, 5) is 12.4. The number of hydrogen-bond acceptors (Lipinski definition) is 2. The van der Waals surface area contributed by atoms with Crippen LogP contribution in [-0.4, -0.2) is 12.5 Å². The van der Waals surface area contributed by atoms with Gasteiger partial charge in [0, 0.05) is 12.1 Å². The third kappa shape index (κ3) is 3.67. The van der Waals surface area contributed by atoms with Crippen molar-refractivity contribution >= 4 is 5.91 Å². The minimum absolute atomic E-state index is 0.195. The average molecular weight is 286 g/mol. The normalized spacial score (nSPS) is 13.5. The van der Waals surface area contributed by atoms with Gasteiger partial charge in [-0.25, -0.2) is 4.39 Å². The molecule has 0 spiro atoms. The lowest BCUT2D eigenvalue weighted by molar-refractivity contribution is -0.123. The van der Waals surface area contributed by atoms with Crippen LogP contribution in [0.4, 0.5) is 4.39 Å². The molecule has 0 radical (unpaired) electrons. The highest BCUT2D eigenvalue weighted by atomic mass is 19.1. The molecule has 2 unspecified atom stereocenters. The zero-order valence-corrected chi connectivity index (χ0v) is 11.9. The highest BCUT2D eigenvalue weighted by molar-refractivity contribution is 5.84. The van der Waals surface area contributed by atoms with E-state index in [4.69, 9.17) is 5.73 Å². The first kappa shape index (κ1) is 15.2. The predicted molar refractivity (Wildman–Crippen MR) is 81.2 cm³/mol. The third-order valence-electron chi connectivity index (χ3n) is 3.48. The number of hydrogen-bond donors (Lipinski definition) is 2. The van der Waals surface area contributed by atoms with Gasteiger partial charge < -0.3 is 11.1 Å². The van der Waals surface area contributed by atoms with Gasteiger partial charge >= 0.3 is 0 Å². The van der Waals surface area contributed by atoms with Crippen molar-refractivity contribution in [2.45, 2.75) is 18.9 Å². The Labute approximate surface area is 124 Å². The molecule has 110 valence electrons. The van der Waals surface area contributed by atoms with Crippen molar-refractivity contribution in [3.63, 3.8) is 0 Å². The summed E-state index contributed by atoms with van der Waals surface area (Å²) in [6.07, 6.45) is 0. The molecule has 4 heteroatoms. The van der Waals surface area contributed by atoms with Crippen LogP contribution in [0.15, 0.2) is 54.6 Å². The first-order valence-corrected chi connectivity index (χ1v) is 6.93. The number of benzene rings is 2. The SMILES string of the molecule is CC(NC(=O)C(CN)c1ccccc1)c1ccccc1F.